The Morgan fingerprint density at radius 2 is 1.96 bits per heavy atom. The zero-order chi connectivity index (χ0) is 32.7. The summed E-state index contributed by atoms with van der Waals surface area (Å²) in [5.74, 6) is -0.913. The number of hydrogen-bond acceptors (Lipinski definition) is 10. The van der Waals surface area contributed by atoms with Crippen LogP contribution in [0.4, 0.5) is 0 Å². The van der Waals surface area contributed by atoms with Crippen molar-refractivity contribution in [2.24, 2.45) is 0 Å². The molecule has 12 heteroatoms. The van der Waals surface area contributed by atoms with Crippen molar-refractivity contribution in [2.75, 3.05) is 20.1 Å². The normalized spacial score (nSPS) is 31.4. The molecule has 0 radical (unpaired) electrons. The second-order valence-corrected chi connectivity index (χ2v) is 19.9. The molecule has 45 heavy (non-hydrogen) atoms. The Balaban J connectivity index is 1.21. The van der Waals surface area contributed by atoms with Gasteiger partial charge in [0.1, 0.15) is 11.5 Å². The Kier molecular flexibility index (Phi) is 7.51. The van der Waals surface area contributed by atoms with Crippen LogP contribution in [0.5, 0.6) is 11.5 Å². The highest BCUT2D eigenvalue weighted by atomic mass is 28.4. The molecule has 1 spiro atoms. The van der Waals surface area contributed by atoms with Crippen molar-refractivity contribution >= 4 is 26.2 Å². The fraction of sp³-hybridized carbons (Fsp3) is 0.667. The maximum absolute atomic E-state index is 13.1. The lowest BCUT2D eigenvalue weighted by atomic mass is 9.50. The van der Waals surface area contributed by atoms with Crippen LogP contribution in [0.1, 0.15) is 71.4 Å². The predicted molar refractivity (Wildman–Crippen MR) is 166 cm³/mol. The van der Waals surface area contributed by atoms with E-state index in [-0.39, 0.29) is 30.5 Å². The molecule has 2 N–H and O–H groups in total. The number of piperidine rings is 1. The molecule has 3 aliphatic heterocycles. The fourth-order valence-corrected chi connectivity index (χ4v) is 8.53. The smallest absolute Gasteiger partial charge is 0.338 e. The zero-order valence-corrected chi connectivity index (χ0v) is 28.6. The van der Waals surface area contributed by atoms with Gasteiger partial charge in [0.05, 0.1) is 23.9 Å². The summed E-state index contributed by atoms with van der Waals surface area (Å²) in [5, 5.41) is 15.2. The Morgan fingerprint density at radius 3 is 2.62 bits per heavy atom. The molecular weight excluding hydrogens is 596 g/mol. The SMILES string of the molecule is CN1CC[C@]23c4c5ccc(O[Si](C)(C)C(C)(C)C)c4O[C@H]2C(OC(=O)CCNC(=O)C[C@@H]2OC(C)(C)OC2=O)=CC[C@@]3(O)[C@@H]1C5. The van der Waals surface area contributed by atoms with E-state index in [1.54, 1.807) is 19.9 Å². The van der Waals surface area contributed by atoms with Crippen LogP contribution in [-0.2, 0) is 40.4 Å². The summed E-state index contributed by atoms with van der Waals surface area (Å²) in [6.07, 6.45) is 1.48. The minimum Gasteiger partial charge on any atom is -0.541 e. The van der Waals surface area contributed by atoms with E-state index in [1.165, 1.54) is 0 Å². The van der Waals surface area contributed by atoms with Crippen molar-refractivity contribution < 1.29 is 42.9 Å². The number of rotatable bonds is 8. The average molecular weight is 643 g/mol. The van der Waals surface area contributed by atoms with E-state index in [2.05, 4.69) is 57.2 Å². The number of likely N-dealkylation sites (tertiary alicyclic amines) is 1. The largest absolute Gasteiger partial charge is 0.541 e. The van der Waals surface area contributed by atoms with Gasteiger partial charge in [-0.15, -0.1) is 0 Å². The van der Waals surface area contributed by atoms with Crippen molar-refractivity contribution in [3.63, 3.8) is 0 Å². The Morgan fingerprint density at radius 1 is 1.22 bits per heavy atom. The molecule has 2 aliphatic carbocycles. The number of carbonyl (C=O) groups excluding carboxylic acids is 3. The first-order valence-electron chi connectivity index (χ1n) is 15.9. The maximum atomic E-state index is 13.1. The third kappa shape index (κ3) is 5.08. The zero-order valence-electron chi connectivity index (χ0n) is 27.6. The molecule has 5 aliphatic rings. The average Bonchev–Trinajstić information content (AvgIpc) is 3.40. The second-order valence-electron chi connectivity index (χ2n) is 15.1. The summed E-state index contributed by atoms with van der Waals surface area (Å²) in [7, 11) is -0.174. The molecule has 1 amide bonds. The molecule has 1 aromatic carbocycles. The van der Waals surface area contributed by atoms with Gasteiger partial charge < -0.3 is 38.7 Å². The quantitative estimate of drug-likeness (QED) is 0.321. The molecule has 5 atom stereocenters. The van der Waals surface area contributed by atoms with Gasteiger partial charge >= 0.3 is 11.9 Å². The first-order valence-corrected chi connectivity index (χ1v) is 18.8. The summed E-state index contributed by atoms with van der Waals surface area (Å²) in [4.78, 5) is 39.7. The number of nitrogens with one attached hydrogen (secondary N) is 1. The third-order valence-electron chi connectivity index (χ3n) is 10.8. The third-order valence-corrected chi connectivity index (χ3v) is 15.1. The molecule has 3 heterocycles. The number of esters is 2. The van der Waals surface area contributed by atoms with Crippen molar-refractivity contribution in [1.29, 1.82) is 0 Å². The number of benzene rings is 1. The summed E-state index contributed by atoms with van der Waals surface area (Å²) >= 11 is 0. The molecule has 2 bridgehead atoms. The topological polar surface area (TPSA) is 133 Å². The van der Waals surface area contributed by atoms with Crippen LogP contribution >= 0.6 is 0 Å². The van der Waals surface area contributed by atoms with Gasteiger partial charge in [0.25, 0.3) is 8.32 Å². The van der Waals surface area contributed by atoms with Gasteiger partial charge in [-0.3, -0.25) is 9.59 Å². The van der Waals surface area contributed by atoms with Crippen LogP contribution in [-0.4, -0.2) is 85.9 Å². The number of hydrogen-bond donors (Lipinski definition) is 2. The van der Waals surface area contributed by atoms with Gasteiger partial charge in [0, 0.05) is 38.4 Å². The minimum atomic E-state index is -2.23. The number of carbonyl (C=O) groups is 3. The van der Waals surface area contributed by atoms with Gasteiger partial charge in [-0.2, -0.15) is 0 Å². The van der Waals surface area contributed by atoms with Gasteiger partial charge in [0.15, 0.2) is 18.0 Å². The van der Waals surface area contributed by atoms with Gasteiger partial charge in [-0.05, 0) is 62.3 Å². The number of ether oxygens (including phenoxy) is 4. The van der Waals surface area contributed by atoms with Gasteiger partial charge in [0.2, 0.25) is 11.7 Å². The summed E-state index contributed by atoms with van der Waals surface area (Å²) in [6, 6.07) is 4.00. The number of likely N-dealkylation sites (N-methyl/N-ethyl adjacent to an activating group) is 1. The van der Waals surface area contributed by atoms with Crippen molar-refractivity contribution in [1.82, 2.24) is 10.2 Å². The Bertz CT molecular complexity index is 1470. The molecule has 246 valence electrons. The summed E-state index contributed by atoms with van der Waals surface area (Å²) in [5.41, 5.74) is 0.216. The summed E-state index contributed by atoms with van der Waals surface area (Å²) < 4.78 is 30.1. The van der Waals surface area contributed by atoms with Gasteiger partial charge in [-0.1, -0.05) is 26.8 Å². The lowest BCUT2D eigenvalue weighted by Crippen LogP contribution is -2.74. The van der Waals surface area contributed by atoms with Crippen LogP contribution in [0.3, 0.4) is 0 Å². The highest BCUT2D eigenvalue weighted by molar-refractivity contribution is 6.74. The molecule has 0 saturated carbocycles. The van der Waals surface area contributed by atoms with Gasteiger partial charge in [-0.25, -0.2) is 4.79 Å². The Hall–Kier alpha value is -2.93. The van der Waals surface area contributed by atoms with E-state index < -0.39 is 55.2 Å². The standard InChI is InChI=1S/C33H46N2O9Si/c1-30(2,3)45(7,8)44-20-10-9-19-17-23-33(39)13-11-21(28-32(33,14-16-35(23)6)26(19)27(20)41-28)40-25(37)12-15-34-24(36)18-22-29(38)43-31(4,5)42-22/h9-11,22-23,28,39H,12-18H2,1-8H3,(H,34,36)/t22-,23-,28-,32-,33+/m0/s1. The van der Waals surface area contributed by atoms with Crippen LogP contribution in [0.25, 0.3) is 0 Å². The van der Waals surface area contributed by atoms with E-state index in [1.807, 2.05) is 6.07 Å². The number of cyclic esters (lactones) is 1. The van der Waals surface area contributed by atoms with E-state index in [0.717, 1.165) is 17.7 Å². The Labute approximate surface area is 265 Å². The fourth-order valence-electron chi connectivity index (χ4n) is 7.51. The molecule has 2 fully saturated rings. The molecule has 0 aromatic heterocycles. The number of aliphatic hydroxyl groups is 1. The predicted octanol–water partition coefficient (Wildman–Crippen LogP) is 3.47. The van der Waals surface area contributed by atoms with E-state index in [4.69, 9.17) is 23.4 Å². The van der Waals surface area contributed by atoms with E-state index in [0.29, 0.717) is 36.5 Å². The first-order chi connectivity index (χ1) is 20.9. The molecule has 6 rings (SSSR count). The molecular formula is C33H46N2O9Si. The van der Waals surface area contributed by atoms with Crippen LogP contribution in [0, 0.1) is 0 Å². The maximum Gasteiger partial charge on any atom is 0.338 e. The highest BCUT2D eigenvalue weighted by Crippen LogP contribution is 2.65. The van der Waals surface area contributed by atoms with Crippen molar-refractivity contribution in [3.05, 3.63) is 35.1 Å². The molecule has 2 saturated heterocycles. The lowest BCUT2D eigenvalue weighted by Gasteiger charge is -2.61. The second kappa shape index (κ2) is 10.5. The van der Waals surface area contributed by atoms with Crippen LogP contribution in [0.15, 0.2) is 24.0 Å². The van der Waals surface area contributed by atoms with Crippen LogP contribution in [0.2, 0.25) is 18.1 Å². The van der Waals surface area contributed by atoms with Crippen molar-refractivity contribution in [3.8, 4) is 11.5 Å². The van der Waals surface area contributed by atoms with Crippen molar-refractivity contribution in [2.45, 2.75) is 120 Å². The molecule has 11 nitrogen and oxygen atoms in total. The van der Waals surface area contributed by atoms with Crippen LogP contribution < -0.4 is 14.5 Å². The number of nitrogens with zero attached hydrogens (tertiary/aromatic N) is 1. The lowest BCUT2D eigenvalue weighted by molar-refractivity contribution is -0.169. The highest BCUT2D eigenvalue weighted by Gasteiger charge is 2.72. The monoisotopic (exact) mass is 642 g/mol. The molecule has 1 aromatic rings. The van der Waals surface area contributed by atoms with E-state index in [9.17, 15) is 19.5 Å². The minimum absolute atomic E-state index is 0.0262. The first kappa shape index (κ1) is 32.0. The summed E-state index contributed by atoms with van der Waals surface area (Å²) in [6.45, 7) is 15.0. The molecule has 0 unspecified atom stereocenters. The number of amides is 1. The van der Waals surface area contributed by atoms with E-state index >= 15 is 0 Å².